The average Bonchev–Trinajstić information content (AvgIpc) is 3.13. The van der Waals surface area contributed by atoms with Crippen molar-refractivity contribution < 1.29 is 4.74 Å². The second-order valence-corrected chi connectivity index (χ2v) is 12.8. The van der Waals surface area contributed by atoms with Gasteiger partial charge in [-0.1, -0.05) is 47.5 Å². The Morgan fingerprint density at radius 1 is 0.929 bits per heavy atom. The largest absolute Gasteiger partial charge is 0.374 e. The number of rotatable bonds is 3. The molecular formula is C27H46O. The van der Waals surface area contributed by atoms with E-state index in [1.807, 2.05) is 0 Å². The summed E-state index contributed by atoms with van der Waals surface area (Å²) in [5.74, 6) is 6.45. The van der Waals surface area contributed by atoms with Crippen LogP contribution in [0.4, 0.5) is 0 Å². The minimum atomic E-state index is 0.541. The van der Waals surface area contributed by atoms with E-state index in [2.05, 4.69) is 34.6 Å². The summed E-state index contributed by atoms with van der Waals surface area (Å²) in [6.45, 7) is 12.7. The first-order chi connectivity index (χ1) is 13.3. The minimum Gasteiger partial charge on any atom is -0.374 e. The Balaban J connectivity index is 1.35. The molecule has 1 saturated heterocycles. The molecule has 0 aromatic rings. The fourth-order valence-corrected chi connectivity index (χ4v) is 9.81. The summed E-state index contributed by atoms with van der Waals surface area (Å²) >= 11 is 0. The van der Waals surface area contributed by atoms with Crippen molar-refractivity contribution in [2.45, 2.75) is 117 Å². The van der Waals surface area contributed by atoms with Crippen molar-refractivity contribution in [3.05, 3.63) is 0 Å². The molecule has 10 atom stereocenters. The number of hydrogen-bond acceptors (Lipinski definition) is 1. The first-order valence-corrected chi connectivity index (χ1v) is 13.0. The van der Waals surface area contributed by atoms with E-state index in [9.17, 15) is 0 Å². The molecule has 0 spiro atoms. The molecule has 0 bridgehead atoms. The van der Waals surface area contributed by atoms with Crippen molar-refractivity contribution >= 4 is 0 Å². The molecule has 0 radical (unpaired) electrons. The third-order valence-electron chi connectivity index (χ3n) is 11.2. The topological polar surface area (TPSA) is 9.23 Å². The summed E-state index contributed by atoms with van der Waals surface area (Å²) in [6.07, 6.45) is 17.3. The molecule has 0 aromatic heterocycles. The van der Waals surface area contributed by atoms with E-state index in [1.54, 1.807) is 0 Å². The molecule has 5 aliphatic rings. The van der Waals surface area contributed by atoms with Crippen LogP contribution in [0.2, 0.25) is 0 Å². The zero-order chi connectivity index (χ0) is 19.7. The Kier molecular flexibility index (Phi) is 4.97. The van der Waals surface area contributed by atoms with Crippen LogP contribution in [0.25, 0.3) is 0 Å². The van der Waals surface area contributed by atoms with Gasteiger partial charge in [-0.25, -0.2) is 0 Å². The Labute approximate surface area is 174 Å². The van der Waals surface area contributed by atoms with E-state index < -0.39 is 0 Å². The molecule has 1 aliphatic heterocycles. The quantitative estimate of drug-likeness (QED) is 0.488. The second-order valence-electron chi connectivity index (χ2n) is 12.8. The predicted octanol–water partition coefficient (Wildman–Crippen LogP) is 7.49. The van der Waals surface area contributed by atoms with E-state index in [4.69, 9.17) is 4.74 Å². The van der Waals surface area contributed by atoms with Crippen LogP contribution in [0.3, 0.4) is 0 Å². The monoisotopic (exact) mass is 386 g/mol. The molecule has 1 heteroatoms. The van der Waals surface area contributed by atoms with Crippen molar-refractivity contribution in [3.63, 3.8) is 0 Å². The highest BCUT2D eigenvalue weighted by Gasteiger charge is 2.65. The molecule has 1 heterocycles. The van der Waals surface area contributed by atoms with Crippen LogP contribution >= 0.6 is 0 Å². The second kappa shape index (κ2) is 7.00. The lowest BCUT2D eigenvalue weighted by Crippen LogP contribution is -2.53. The van der Waals surface area contributed by atoms with Crippen molar-refractivity contribution in [1.29, 1.82) is 0 Å². The molecule has 0 N–H and O–H groups in total. The molecule has 5 fully saturated rings. The summed E-state index contributed by atoms with van der Waals surface area (Å²) < 4.78 is 6.82. The van der Waals surface area contributed by atoms with E-state index in [0.717, 1.165) is 41.4 Å². The van der Waals surface area contributed by atoms with Gasteiger partial charge in [-0.3, -0.25) is 0 Å². The first-order valence-electron chi connectivity index (χ1n) is 13.0. The lowest BCUT2D eigenvalue weighted by molar-refractivity contribution is -0.115. The third-order valence-corrected chi connectivity index (χ3v) is 11.2. The molecule has 28 heavy (non-hydrogen) atoms. The van der Waals surface area contributed by atoms with E-state index in [0.29, 0.717) is 23.0 Å². The van der Waals surface area contributed by atoms with E-state index in [1.165, 1.54) is 70.6 Å². The van der Waals surface area contributed by atoms with Crippen molar-refractivity contribution in [1.82, 2.24) is 0 Å². The maximum atomic E-state index is 6.82. The van der Waals surface area contributed by atoms with Crippen LogP contribution in [-0.4, -0.2) is 12.2 Å². The highest BCUT2D eigenvalue weighted by atomic mass is 16.5. The molecule has 0 amide bonds. The van der Waals surface area contributed by atoms with Crippen LogP contribution in [0, 0.1) is 52.3 Å². The Hall–Kier alpha value is -0.0400. The number of ether oxygens (including phenoxy) is 1. The maximum absolute atomic E-state index is 6.82. The summed E-state index contributed by atoms with van der Waals surface area (Å²) in [5, 5.41) is 0. The van der Waals surface area contributed by atoms with Gasteiger partial charge < -0.3 is 4.74 Å². The van der Waals surface area contributed by atoms with Gasteiger partial charge >= 0.3 is 0 Å². The highest BCUT2D eigenvalue weighted by molar-refractivity contribution is 5.13. The lowest BCUT2D eigenvalue weighted by atomic mass is 9.44. The van der Waals surface area contributed by atoms with Gasteiger partial charge in [0.05, 0.1) is 12.2 Å². The van der Waals surface area contributed by atoms with Crippen molar-refractivity contribution in [2.24, 2.45) is 52.3 Å². The lowest BCUT2D eigenvalue weighted by Gasteiger charge is -2.60. The number of fused-ring (bicyclic) bond motifs is 7. The van der Waals surface area contributed by atoms with Gasteiger partial charge in [0, 0.05) is 0 Å². The minimum absolute atomic E-state index is 0.541. The Bertz CT molecular complexity index is 583. The Morgan fingerprint density at radius 2 is 1.75 bits per heavy atom. The van der Waals surface area contributed by atoms with Crippen LogP contribution < -0.4 is 0 Å². The fraction of sp³-hybridized carbons (Fsp3) is 1.00. The van der Waals surface area contributed by atoms with Crippen LogP contribution in [-0.2, 0) is 4.74 Å². The maximum Gasteiger partial charge on any atom is 0.0618 e. The molecule has 4 saturated carbocycles. The van der Waals surface area contributed by atoms with Crippen LogP contribution in [0.5, 0.6) is 0 Å². The smallest absolute Gasteiger partial charge is 0.0618 e. The normalized spacial score (nSPS) is 55.5. The Morgan fingerprint density at radius 3 is 2.54 bits per heavy atom. The van der Waals surface area contributed by atoms with Gasteiger partial charge in [-0.05, 0) is 110 Å². The molecule has 1 nitrogen and oxygen atoms in total. The zero-order valence-electron chi connectivity index (χ0n) is 19.4. The zero-order valence-corrected chi connectivity index (χ0v) is 19.4. The summed E-state index contributed by atoms with van der Waals surface area (Å²) in [7, 11) is 0. The number of hydrogen-bond donors (Lipinski definition) is 0. The first kappa shape index (κ1) is 19.9. The van der Waals surface area contributed by atoms with Gasteiger partial charge in [0.15, 0.2) is 0 Å². The molecule has 5 rings (SSSR count). The SMILES string of the molecule is CC(C)CCC1OC2C[C@H]3[C@@H]4CCC5CCCC[C@]5(C)[C@H]4CC[C@]3(C)[C@H]2[C@@H]1C. The van der Waals surface area contributed by atoms with Gasteiger partial charge in [0.1, 0.15) is 0 Å². The van der Waals surface area contributed by atoms with Crippen molar-refractivity contribution in [2.75, 3.05) is 0 Å². The standard InChI is InChI=1S/C27H46O/c1-17(2)9-12-23-18(3)25-24(28-23)16-22-20-11-10-19-8-6-7-14-26(19,4)21(20)13-15-27(22,25)5/h17-25H,6-16H2,1-5H3/t18-,19?,20-,21+,22+,23?,24?,25+,26+,27+/m1/s1. The van der Waals surface area contributed by atoms with E-state index in [-0.39, 0.29) is 0 Å². The average molecular weight is 387 g/mol. The predicted molar refractivity (Wildman–Crippen MR) is 117 cm³/mol. The highest BCUT2D eigenvalue weighted by Crippen LogP contribution is 2.70. The summed E-state index contributed by atoms with van der Waals surface area (Å²) in [4.78, 5) is 0. The molecule has 160 valence electrons. The van der Waals surface area contributed by atoms with Gasteiger partial charge in [-0.2, -0.15) is 0 Å². The molecule has 0 aromatic carbocycles. The molecular weight excluding hydrogens is 340 g/mol. The van der Waals surface area contributed by atoms with Crippen molar-refractivity contribution in [3.8, 4) is 0 Å². The van der Waals surface area contributed by atoms with Crippen LogP contribution in [0.15, 0.2) is 0 Å². The van der Waals surface area contributed by atoms with E-state index >= 15 is 0 Å². The van der Waals surface area contributed by atoms with Gasteiger partial charge in [0.2, 0.25) is 0 Å². The van der Waals surface area contributed by atoms with Crippen LogP contribution in [0.1, 0.15) is 105 Å². The summed E-state index contributed by atoms with van der Waals surface area (Å²) in [6, 6.07) is 0. The fourth-order valence-electron chi connectivity index (χ4n) is 9.81. The molecule has 4 aliphatic carbocycles. The molecule has 3 unspecified atom stereocenters. The van der Waals surface area contributed by atoms with Gasteiger partial charge in [-0.15, -0.1) is 0 Å². The third kappa shape index (κ3) is 2.80. The van der Waals surface area contributed by atoms with Gasteiger partial charge in [0.25, 0.3) is 0 Å². The summed E-state index contributed by atoms with van der Waals surface area (Å²) in [5.41, 5.74) is 1.24.